The predicted octanol–water partition coefficient (Wildman–Crippen LogP) is 9.08. The first kappa shape index (κ1) is 27.7. The third-order valence-electron chi connectivity index (χ3n) is 6.92. The van der Waals surface area contributed by atoms with Crippen LogP contribution in [0.2, 0.25) is 35.2 Å². The van der Waals surface area contributed by atoms with Crippen molar-refractivity contribution in [3.05, 3.63) is 99.0 Å². The molecular formula is C27H9Cl7N2O4. The van der Waals surface area contributed by atoms with Gasteiger partial charge in [-0.05, 0) is 24.6 Å². The van der Waals surface area contributed by atoms with Crippen LogP contribution in [-0.2, 0) is 0 Å². The molecule has 0 bridgehead atoms. The fourth-order valence-electron chi connectivity index (χ4n) is 4.97. The van der Waals surface area contributed by atoms with Crippen LogP contribution >= 0.6 is 81.2 Å². The quantitative estimate of drug-likeness (QED) is 0.0918. The van der Waals surface area contributed by atoms with Crippen molar-refractivity contribution in [3.8, 4) is 0 Å². The zero-order valence-corrected chi connectivity index (χ0v) is 24.9. The topological polar surface area (TPSA) is 84.4 Å². The van der Waals surface area contributed by atoms with Gasteiger partial charge in [-0.15, -0.1) is 0 Å². The van der Waals surface area contributed by atoms with Crippen LogP contribution < -0.4 is 4.90 Å². The van der Waals surface area contributed by atoms with Gasteiger partial charge in [-0.1, -0.05) is 99.4 Å². The van der Waals surface area contributed by atoms with Gasteiger partial charge in [0.05, 0.1) is 74.3 Å². The molecular weight excluding hydrogens is 664 g/mol. The van der Waals surface area contributed by atoms with Gasteiger partial charge in [0.1, 0.15) is 5.92 Å². The molecule has 4 aromatic rings. The molecule has 1 aliphatic carbocycles. The van der Waals surface area contributed by atoms with Gasteiger partial charge >= 0.3 is 0 Å². The molecule has 0 saturated carbocycles. The lowest BCUT2D eigenvalue weighted by atomic mass is 9.98. The number of hydrogen-bond donors (Lipinski definition) is 0. The standard InChI is InChI=1S/C27H9Cl7N2O4/c1-7-16(28)12-13(18(30)17(7)29)25(38)11(24(12)37)9-6-5-8-3-2-4-10(23(8)35-9)36-26(39)14-15(27(36)40)20(32)22(34)21(33)19(14)31/h2-6,11H,1H3. The SMILES string of the molecule is Cc1c(Cl)c(Cl)c2c(c1Cl)C(=O)C(c1ccc3cccc(N4C(=O)c5c(Cl)c(Cl)c(Cl)c(Cl)c5C4=O)c3n1)C2=O. The van der Waals surface area contributed by atoms with Crippen molar-refractivity contribution in [2.45, 2.75) is 12.8 Å². The summed E-state index contributed by atoms with van der Waals surface area (Å²) in [5, 5.41) is -0.230. The molecule has 0 spiro atoms. The third kappa shape index (κ3) is 3.61. The molecule has 200 valence electrons. The number of nitrogens with zero attached hydrogens (tertiary/aromatic N) is 2. The highest BCUT2D eigenvalue weighted by Gasteiger charge is 2.46. The summed E-state index contributed by atoms with van der Waals surface area (Å²) in [5.74, 6) is -4.19. The van der Waals surface area contributed by atoms with E-state index < -0.39 is 29.3 Å². The Labute approximate surface area is 260 Å². The van der Waals surface area contributed by atoms with Gasteiger partial charge in [0.2, 0.25) is 0 Å². The van der Waals surface area contributed by atoms with E-state index in [1.165, 1.54) is 12.1 Å². The zero-order valence-electron chi connectivity index (χ0n) is 19.6. The Bertz CT molecular complexity index is 1850. The highest BCUT2D eigenvalue weighted by Crippen LogP contribution is 2.48. The normalized spacial score (nSPS) is 16.4. The number of ketones is 2. The van der Waals surface area contributed by atoms with E-state index in [0.29, 0.717) is 10.9 Å². The summed E-state index contributed by atoms with van der Waals surface area (Å²) in [7, 11) is 0. The third-order valence-corrected chi connectivity index (χ3v) is 10.1. The van der Waals surface area contributed by atoms with Gasteiger partial charge in [-0.3, -0.25) is 19.2 Å². The maximum Gasteiger partial charge on any atom is 0.267 e. The van der Waals surface area contributed by atoms with Crippen molar-refractivity contribution in [2.75, 3.05) is 4.90 Å². The molecule has 2 heterocycles. The second kappa shape index (κ2) is 9.57. The summed E-state index contributed by atoms with van der Waals surface area (Å²) in [6.45, 7) is 1.59. The van der Waals surface area contributed by atoms with Crippen LogP contribution in [0.1, 0.15) is 58.6 Å². The van der Waals surface area contributed by atoms with Gasteiger partial charge < -0.3 is 0 Å². The number of hydrogen-bond acceptors (Lipinski definition) is 5. The number of rotatable bonds is 2. The Kier molecular flexibility index (Phi) is 6.63. The lowest BCUT2D eigenvalue weighted by Crippen LogP contribution is -2.30. The van der Waals surface area contributed by atoms with E-state index >= 15 is 0 Å². The van der Waals surface area contributed by atoms with Crippen molar-refractivity contribution in [1.29, 1.82) is 0 Å². The first-order valence-corrected chi connectivity index (χ1v) is 13.9. The number of Topliss-reactive ketones (excluding diaryl/α,β-unsaturated/α-hetero) is 2. The number of imide groups is 1. The van der Waals surface area contributed by atoms with Crippen LogP contribution in [0.3, 0.4) is 0 Å². The van der Waals surface area contributed by atoms with Gasteiger partial charge in [-0.2, -0.15) is 0 Å². The average molecular weight is 674 g/mol. The van der Waals surface area contributed by atoms with Crippen molar-refractivity contribution in [3.63, 3.8) is 0 Å². The van der Waals surface area contributed by atoms with Crippen molar-refractivity contribution in [1.82, 2.24) is 4.98 Å². The largest absolute Gasteiger partial charge is 0.293 e. The maximum atomic E-state index is 13.5. The van der Waals surface area contributed by atoms with E-state index in [-0.39, 0.29) is 74.3 Å². The van der Waals surface area contributed by atoms with E-state index in [9.17, 15) is 19.2 Å². The Hall–Kier alpha value is -2.42. The number of benzene rings is 3. The fourth-order valence-corrected chi connectivity index (χ4v) is 6.84. The molecule has 1 aliphatic heterocycles. The van der Waals surface area contributed by atoms with Gasteiger partial charge in [0, 0.05) is 5.39 Å². The van der Waals surface area contributed by atoms with Crippen molar-refractivity contribution >= 4 is 121 Å². The zero-order chi connectivity index (χ0) is 28.9. The Morgan fingerprint density at radius 1 is 0.625 bits per heavy atom. The Morgan fingerprint density at radius 2 is 1.15 bits per heavy atom. The number of carbonyl (C=O) groups excluding carboxylic acids is 4. The number of amides is 2. The van der Waals surface area contributed by atoms with Crippen LogP contribution in [-0.4, -0.2) is 28.4 Å². The first-order valence-electron chi connectivity index (χ1n) is 11.3. The summed E-state index contributed by atoms with van der Waals surface area (Å²) >= 11 is 43.8. The monoisotopic (exact) mass is 670 g/mol. The summed E-state index contributed by atoms with van der Waals surface area (Å²) in [6.07, 6.45) is 0. The highest BCUT2D eigenvalue weighted by molar-refractivity contribution is 6.56. The maximum absolute atomic E-state index is 13.5. The van der Waals surface area contributed by atoms with E-state index in [1.807, 2.05) is 0 Å². The Balaban J connectivity index is 1.52. The molecule has 3 aromatic carbocycles. The molecule has 2 aliphatic rings. The van der Waals surface area contributed by atoms with Crippen LogP contribution in [0.25, 0.3) is 10.9 Å². The van der Waals surface area contributed by atoms with Crippen LogP contribution in [0, 0.1) is 6.92 Å². The first-order chi connectivity index (χ1) is 18.9. The van der Waals surface area contributed by atoms with Crippen molar-refractivity contribution in [2.24, 2.45) is 0 Å². The molecule has 1 unspecified atom stereocenters. The number of para-hydroxylation sites is 1. The minimum absolute atomic E-state index is 0.0304. The predicted molar refractivity (Wildman–Crippen MR) is 157 cm³/mol. The minimum atomic E-state index is -1.37. The molecule has 0 N–H and O–H groups in total. The van der Waals surface area contributed by atoms with E-state index in [0.717, 1.165) is 4.90 Å². The molecule has 0 saturated heterocycles. The molecule has 6 rings (SSSR count). The summed E-state index contributed by atoms with van der Waals surface area (Å²) < 4.78 is 0. The van der Waals surface area contributed by atoms with Crippen LogP contribution in [0.4, 0.5) is 5.69 Å². The fraction of sp³-hybridized carbons (Fsp3) is 0.0741. The van der Waals surface area contributed by atoms with Gasteiger partial charge in [0.15, 0.2) is 11.6 Å². The number of fused-ring (bicyclic) bond motifs is 3. The summed E-state index contributed by atoms with van der Waals surface area (Å²) in [5.41, 5.74) is 0.136. The summed E-state index contributed by atoms with van der Waals surface area (Å²) in [6, 6.07) is 7.89. The molecule has 2 amide bonds. The van der Waals surface area contributed by atoms with Crippen LogP contribution in [0.15, 0.2) is 30.3 Å². The minimum Gasteiger partial charge on any atom is -0.293 e. The smallest absolute Gasteiger partial charge is 0.267 e. The molecule has 0 fully saturated rings. The molecule has 13 heteroatoms. The van der Waals surface area contributed by atoms with E-state index in [1.54, 1.807) is 25.1 Å². The Morgan fingerprint density at radius 3 is 1.73 bits per heavy atom. The highest BCUT2D eigenvalue weighted by atomic mass is 35.5. The number of aromatic nitrogens is 1. The molecule has 40 heavy (non-hydrogen) atoms. The molecule has 1 atom stereocenters. The molecule has 0 radical (unpaired) electrons. The number of anilines is 1. The van der Waals surface area contributed by atoms with Crippen LogP contribution in [0.5, 0.6) is 0 Å². The summed E-state index contributed by atoms with van der Waals surface area (Å²) in [4.78, 5) is 59.4. The van der Waals surface area contributed by atoms with Crippen molar-refractivity contribution < 1.29 is 19.2 Å². The number of pyridine rings is 1. The number of carbonyl (C=O) groups is 4. The number of halogens is 7. The second-order valence-electron chi connectivity index (χ2n) is 9.02. The van der Waals surface area contributed by atoms with Gasteiger partial charge in [0.25, 0.3) is 11.8 Å². The molecule has 6 nitrogen and oxygen atoms in total. The second-order valence-corrected chi connectivity index (χ2v) is 11.7. The van der Waals surface area contributed by atoms with Gasteiger partial charge in [-0.25, -0.2) is 9.88 Å². The lowest BCUT2D eigenvalue weighted by molar-refractivity contribution is 0.0882. The average Bonchev–Trinajstić information content (AvgIpc) is 3.35. The van der Waals surface area contributed by atoms with E-state index in [2.05, 4.69) is 4.98 Å². The lowest BCUT2D eigenvalue weighted by Gasteiger charge is -2.17. The molecule has 1 aromatic heterocycles. The van der Waals surface area contributed by atoms with E-state index in [4.69, 9.17) is 81.2 Å².